The number of rotatable bonds is 7. The van der Waals surface area contributed by atoms with E-state index in [0.717, 1.165) is 18.4 Å². The Morgan fingerprint density at radius 1 is 1.35 bits per heavy atom. The highest BCUT2D eigenvalue weighted by Crippen LogP contribution is 2.16. The molecule has 5 nitrogen and oxygen atoms in total. The first-order valence-electron chi connectivity index (χ1n) is 7.46. The summed E-state index contributed by atoms with van der Waals surface area (Å²) < 4.78 is 5.59. The summed E-state index contributed by atoms with van der Waals surface area (Å²) in [7, 11) is 0. The number of pyridine rings is 2. The van der Waals surface area contributed by atoms with Gasteiger partial charge < -0.3 is 10.1 Å². The van der Waals surface area contributed by atoms with E-state index < -0.39 is 0 Å². The molecule has 5 heteroatoms. The van der Waals surface area contributed by atoms with Crippen LogP contribution in [0.15, 0.2) is 55.2 Å². The summed E-state index contributed by atoms with van der Waals surface area (Å²) in [6.07, 6.45) is 6.82. The number of carbonyl (C=O) groups excluding carboxylic acids is 1. The third-order valence-electron chi connectivity index (χ3n) is 3.12. The molecule has 0 fully saturated rings. The lowest BCUT2D eigenvalue weighted by Crippen LogP contribution is -2.22. The maximum Gasteiger partial charge on any atom is 0.261 e. The minimum absolute atomic E-state index is 0.320. The lowest BCUT2D eigenvalue weighted by atomic mass is 10.2. The van der Waals surface area contributed by atoms with E-state index in [1.165, 1.54) is 0 Å². The van der Waals surface area contributed by atoms with Gasteiger partial charge >= 0.3 is 0 Å². The molecular weight excluding hydrogens is 290 g/mol. The van der Waals surface area contributed by atoms with Crippen LogP contribution in [0.2, 0.25) is 0 Å². The van der Waals surface area contributed by atoms with Gasteiger partial charge in [0, 0.05) is 24.2 Å². The normalized spacial score (nSPS) is 9.78. The first-order chi connectivity index (χ1) is 11.3. The van der Waals surface area contributed by atoms with Crippen LogP contribution in [0.3, 0.4) is 0 Å². The van der Waals surface area contributed by atoms with Crippen LogP contribution in [0.5, 0.6) is 5.88 Å². The summed E-state index contributed by atoms with van der Waals surface area (Å²) in [5.41, 5.74) is 4.29. The number of nitrogens with zero attached hydrogens (tertiary/aromatic N) is 2. The first-order valence-corrected chi connectivity index (χ1v) is 7.46. The van der Waals surface area contributed by atoms with Crippen molar-refractivity contribution in [3.8, 4) is 5.88 Å². The number of unbranched alkanes of at least 4 members (excludes halogenated alkanes) is 1. The molecule has 0 bridgehead atoms. The standard InChI is InChI=1S/C18H19N3O2/c1-3-5-12-23-18-15(9-7-11-20-18)17(22)21-16(4-2)14-8-6-10-19-13-14/h6-11,13H,2-3,5,12H2,1H3,(H,21,22). The summed E-state index contributed by atoms with van der Waals surface area (Å²) in [5, 5.41) is 2.77. The number of aromatic nitrogens is 2. The number of hydrogen-bond donors (Lipinski definition) is 1. The van der Waals surface area contributed by atoms with Gasteiger partial charge in [-0.1, -0.05) is 19.9 Å². The molecule has 0 aliphatic carbocycles. The second-order valence-electron chi connectivity index (χ2n) is 4.81. The van der Waals surface area contributed by atoms with Crippen LogP contribution in [0.4, 0.5) is 0 Å². The highest BCUT2D eigenvalue weighted by Gasteiger charge is 2.15. The van der Waals surface area contributed by atoms with E-state index in [9.17, 15) is 4.79 Å². The van der Waals surface area contributed by atoms with Gasteiger partial charge in [-0.05, 0) is 30.7 Å². The fraction of sp³-hybridized carbons (Fsp3) is 0.222. The Morgan fingerprint density at radius 2 is 2.17 bits per heavy atom. The highest BCUT2D eigenvalue weighted by atomic mass is 16.5. The van der Waals surface area contributed by atoms with Crippen molar-refractivity contribution in [2.45, 2.75) is 19.8 Å². The predicted molar refractivity (Wildman–Crippen MR) is 88.9 cm³/mol. The van der Waals surface area contributed by atoms with Crippen molar-refractivity contribution in [3.05, 3.63) is 66.3 Å². The Morgan fingerprint density at radius 3 is 2.87 bits per heavy atom. The van der Waals surface area contributed by atoms with Crippen molar-refractivity contribution in [2.75, 3.05) is 6.61 Å². The van der Waals surface area contributed by atoms with Crippen LogP contribution in [0.1, 0.15) is 35.7 Å². The molecule has 0 unspecified atom stereocenters. The van der Waals surface area contributed by atoms with E-state index in [4.69, 9.17) is 4.74 Å². The first kappa shape index (κ1) is 16.5. The number of carbonyl (C=O) groups is 1. The van der Waals surface area contributed by atoms with E-state index in [0.29, 0.717) is 23.7 Å². The Balaban J connectivity index is 2.16. The molecular formula is C18H19N3O2. The van der Waals surface area contributed by atoms with Crippen molar-refractivity contribution in [2.24, 2.45) is 0 Å². The molecule has 0 aromatic carbocycles. The Bertz CT molecular complexity index is 707. The molecule has 1 amide bonds. The van der Waals surface area contributed by atoms with Crippen LogP contribution < -0.4 is 10.1 Å². The van der Waals surface area contributed by atoms with Crippen LogP contribution in [0, 0.1) is 0 Å². The SMILES string of the molecule is C=C=C(NC(=O)c1cccnc1OCCCC)c1cccnc1. The second kappa shape index (κ2) is 8.51. The van der Waals surface area contributed by atoms with Gasteiger partial charge in [0.25, 0.3) is 5.91 Å². The van der Waals surface area contributed by atoms with Crippen molar-refractivity contribution >= 4 is 11.6 Å². The second-order valence-corrected chi connectivity index (χ2v) is 4.81. The minimum atomic E-state index is -0.320. The summed E-state index contributed by atoms with van der Waals surface area (Å²) >= 11 is 0. The fourth-order valence-corrected chi connectivity index (χ4v) is 1.90. The smallest absolute Gasteiger partial charge is 0.261 e. The van der Waals surface area contributed by atoms with Gasteiger partial charge in [-0.3, -0.25) is 9.78 Å². The van der Waals surface area contributed by atoms with Gasteiger partial charge in [-0.25, -0.2) is 4.98 Å². The molecule has 0 aliphatic rings. The van der Waals surface area contributed by atoms with Gasteiger partial charge in [0.15, 0.2) is 0 Å². The largest absolute Gasteiger partial charge is 0.477 e. The summed E-state index contributed by atoms with van der Waals surface area (Å²) in [5.74, 6) is 0.00708. The zero-order valence-electron chi connectivity index (χ0n) is 13.1. The van der Waals surface area contributed by atoms with E-state index >= 15 is 0 Å². The fourth-order valence-electron chi connectivity index (χ4n) is 1.90. The van der Waals surface area contributed by atoms with Crippen molar-refractivity contribution in [1.82, 2.24) is 15.3 Å². The molecule has 0 saturated carbocycles. The molecule has 118 valence electrons. The van der Waals surface area contributed by atoms with E-state index in [2.05, 4.69) is 34.5 Å². The Hall–Kier alpha value is -2.91. The third kappa shape index (κ3) is 4.53. The van der Waals surface area contributed by atoms with Crippen LogP contribution >= 0.6 is 0 Å². The number of hydrogen-bond acceptors (Lipinski definition) is 4. The van der Waals surface area contributed by atoms with Gasteiger partial charge in [-0.2, -0.15) is 0 Å². The van der Waals surface area contributed by atoms with Gasteiger partial charge in [-0.15, -0.1) is 5.73 Å². The number of nitrogens with one attached hydrogen (secondary N) is 1. The van der Waals surface area contributed by atoms with Gasteiger partial charge in [0.1, 0.15) is 5.56 Å². The molecule has 2 aromatic heterocycles. The minimum Gasteiger partial charge on any atom is -0.477 e. The monoisotopic (exact) mass is 309 g/mol. The molecule has 0 radical (unpaired) electrons. The maximum absolute atomic E-state index is 12.5. The molecule has 23 heavy (non-hydrogen) atoms. The molecule has 0 saturated heterocycles. The van der Waals surface area contributed by atoms with Gasteiger partial charge in [0.05, 0.1) is 12.3 Å². The van der Waals surface area contributed by atoms with Crippen molar-refractivity contribution < 1.29 is 9.53 Å². The average Bonchev–Trinajstić information content (AvgIpc) is 2.61. The zero-order valence-corrected chi connectivity index (χ0v) is 13.1. The molecule has 0 atom stereocenters. The molecule has 0 aliphatic heterocycles. The Kier molecular flexibility index (Phi) is 6.09. The molecule has 1 N–H and O–H groups in total. The van der Waals surface area contributed by atoms with E-state index in [1.54, 1.807) is 36.8 Å². The zero-order chi connectivity index (χ0) is 16.5. The van der Waals surface area contributed by atoms with E-state index in [1.807, 2.05) is 6.07 Å². The molecule has 2 aromatic rings. The van der Waals surface area contributed by atoms with Crippen LogP contribution in [0.25, 0.3) is 5.70 Å². The summed E-state index contributed by atoms with van der Waals surface area (Å²) in [6.45, 7) is 6.22. The van der Waals surface area contributed by atoms with Crippen molar-refractivity contribution in [1.29, 1.82) is 0 Å². The summed E-state index contributed by atoms with van der Waals surface area (Å²) in [6, 6.07) is 6.97. The quantitative estimate of drug-likeness (QED) is 0.630. The van der Waals surface area contributed by atoms with E-state index in [-0.39, 0.29) is 5.91 Å². The van der Waals surface area contributed by atoms with Gasteiger partial charge in [0.2, 0.25) is 5.88 Å². The third-order valence-corrected chi connectivity index (χ3v) is 3.12. The average molecular weight is 309 g/mol. The lowest BCUT2D eigenvalue weighted by molar-refractivity contribution is 0.0968. The molecule has 2 rings (SSSR count). The molecule has 0 spiro atoms. The topological polar surface area (TPSA) is 64.1 Å². The lowest BCUT2D eigenvalue weighted by Gasteiger charge is -2.11. The highest BCUT2D eigenvalue weighted by molar-refractivity contribution is 6.01. The molecule has 2 heterocycles. The van der Waals surface area contributed by atoms with Crippen LogP contribution in [-0.2, 0) is 0 Å². The number of amides is 1. The van der Waals surface area contributed by atoms with Crippen molar-refractivity contribution in [3.63, 3.8) is 0 Å². The summed E-state index contributed by atoms with van der Waals surface area (Å²) in [4.78, 5) is 20.7. The van der Waals surface area contributed by atoms with Crippen LogP contribution in [-0.4, -0.2) is 22.5 Å². The maximum atomic E-state index is 12.5. The number of ether oxygens (including phenoxy) is 1. The predicted octanol–water partition coefficient (Wildman–Crippen LogP) is 3.21. The Labute approximate surface area is 135 Å².